The number of anilines is 1. The number of thiocarbonyl (C=S) groups is 1. The summed E-state index contributed by atoms with van der Waals surface area (Å²) in [6.07, 6.45) is -1.05. The van der Waals surface area contributed by atoms with Crippen molar-refractivity contribution in [1.29, 1.82) is 0 Å². The maximum atomic E-state index is 13.0. The van der Waals surface area contributed by atoms with Crippen LogP contribution in [0.15, 0.2) is 53.6 Å². The Bertz CT molecular complexity index is 1420. The summed E-state index contributed by atoms with van der Waals surface area (Å²) in [5, 5.41) is 2.89. The van der Waals surface area contributed by atoms with Crippen molar-refractivity contribution in [3.63, 3.8) is 0 Å². The summed E-state index contributed by atoms with van der Waals surface area (Å²) in [5.41, 5.74) is 0.445. The lowest BCUT2D eigenvalue weighted by molar-refractivity contribution is -0.137. The van der Waals surface area contributed by atoms with Gasteiger partial charge in [0.1, 0.15) is 10.9 Å². The number of rotatable bonds is 8. The topological polar surface area (TPSA) is 80.8 Å². The second-order valence-corrected chi connectivity index (χ2v) is 10.7. The number of nitrogens with zero attached hydrogens (tertiary/aromatic N) is 2. The molecule has 1 aliphatic rings. The Hall–Kier alpha value is -3.42. The number of ether oxygens (including phenoxy) is 2. The van der Waals surface area contributed by atoms with Gasteiger partial charge in [-0.05, 0) is 35.4 Å². The van der Waals surface area contributed by atoms with Crippen LogP contribution < -0.4 is 14.8 Å². The first-order valence-electron chi connectivity index (χ1n) is 11.0. The van der Waals surface area contributed by atoms with Gasteiger partial charge in [-0.2, -0.15) is 13.2 Å². The third-order valence-electron chi connectivity index (χ3n) is 5.31. The van der Waals surface area contributed by atoms with Gasteiger partial charge >= 0.3 is 6.18 Å². The highest BCUT2D eigenvalue weighted by Gasteiger charge is 2.34. The Balaban J connectivity index is 1.38. The number of carbonyl (C=O) groups excluding carboxylic acids is 2. The summed E-state index contributed by atoms with van der Waals surface area (Å²) >= 11 is 7.52. The van der Waals surface area contributed by atoms with E-state index in [4.69, 9.17) is 21.7 Å². The smallest absolute Gasteiger partial charge is 0.416 e. The van der Waals surface area contributed by atoms with Crippen LogP contribution in [0.4, 0.5) is 18.3 Å². The van der Waals surface area contributed by atoms with Gasteiger partial charge in [-0.3, -0.25) is 14.5 Å². The van der Waals surface area contributed by atoms with E-state index in [9.17, 15) is 22.8 Å². The van der Waals surface area contributed by atoms with Crippen LogP contribution in [0.2, 0.25) is 0 Å². The standard InChI is InChI=1S/C25H20F3N3O4S3/c1-34-18-7-6-15(10-19(18)35-2)11-20-22(33)31(24(36)38-20)13-21(32)30-23-29-12-17(37-23)9-14-4-3-5-16(8-14)25(26,27)28/h3-8,10-12H,9,13H2,1-2H3,(H,29,30,32)/b20-11-. The number of hydrogen-bond acceptors (Lipinski definition) is 8. The first-order valence-corrected chi connectivity index (χ1v) is 13.0. The first kappa shape index (κ1) is 27.6. The number of methoxy groups -OCH3 is 2. The van der Waals surface area contributed by atoms with Gasteiger partial charge < -0.3 is 14.8 Å². The van der Waals surface area contributed by atoms with E-state index in [-0.39, 0.29) is 22.4 Å². The Morgan fingerprint density at radius 2 is 1.92 bits per heavy atom. The number of nitrogens with one attached hydrogen (secondary N) is 1. The zero-order chi connectivity index (χ0) is 27.4. The molecule has 3 aromatic rings. The number of thioether (sulfide) groups is 1. The van der Waals surface area contributed by atoms with Crippen LogP contribution in [-0.2, 0) is 22.2 Å². The van der Waals surface area contributed by atoms with Crippen molar-refractivity contribution in [2.45, 2.75) is 12.6 Å². The normalized spacial score (nSPS) is 14.8. The Morgan fingerprint density at radius 3 is 2.63 bits per heavy atom. The first-order chi connectivity index (χ1) is 18.1. The molecular weight excluding hydrogens is 559 g/mol. The highest BCUT2D eigenvalue weighted by molar-refractivity contribution is 8.26. The van der Waals surface area contributed by atoms with Crippen molar-refractivity contribution in [3.8, 4) is 11.5 Å². The van der Waals surface area contributed by atoms with Crippen molar-refractivity contribution < 1.29 is 32.2 Å². The fourth-order valence-corrected chi connectivity index (χ4v) is 5.66. The molecule has 0 spiro atoms. The number of benzene rings is 2. The summed E-state index contributed by atoms with van der Waals surface area (Å²) in [5.74, 6) is 0.143. The largest absolute Gasteiger partial charge is 0.493 e. The van der Waals surface area contributed by atoms with Crippen LogP contribution in [-0.4, -0.2) is 46.8 Å². The van der Waals surface area contributed by atoms with Crippen LogP contribution in [0.3, 0.4) is 0 Å². The molecule has 198 valence electrons. The third-order valence-corrected chi connectivity index (χ3v) is 7.60. The van der Waals surface area contributed by atoms with E-state index >= 15 is 0 Å². The Morgan fingerprint density at radius 1 is 1.16 bits per heavy atom. The molecule has 0 aliphatic carbocycles. The molecular formula is C25H20F3N3O4S3. The molecule has 1 fully saturated rings. The van der Waals surface area contributed by atoms with E-state index in [1.54, 1.807) is 30.3 Å². The molecule has 2 aromatic carbocycles. The zero-order valence-electron chi connectivity index (χ0n) is 20.0. The minimum absolute atomic E-state index is 0.229. The number of alkyl halides is 3. The van der Waals surface area contributed by atoms with Gasteiger partial charge in [0, 0.05) is 17.5 Å². The molecule has 0 saturated carbocycles. The molecule has 2 heterocycles. The zero-order valence-corrected chi connectivity index (χ0v) is 22.4. The van der Waals surface area contributed by atoms with Gasteiger partial charge in [0.25, 0.3) is 5.91 Å². The number of amides is 2. The average molecular weight is 580 g/mol. The molecule has 1 saturated heterocycles. The molecule has 4 rings (SSSR count). The highest BCUT2D eigenvalue weighted by atomic mass is 32.2. The molecule has 2 amide bonds. The monoisotopic (exact) mass is 579 g/mol. The third kappa shape index (κ3) is 6.52. The lowest BCUT2D eigenvalue weighted by Crippen LogP contribution is -2.36. The summed E-state index contributed by atoms with van der Waals surface area (Å²) in [4.78, 5) is 31.9. The van der Waals surface area contributed by atoms with E-state index in [0.29, 0.717) is 32.4 Å². The van der Waals surface area contributed by atoms with Crippen molar-refractivity contribution >= 4 is 62.7 Å². The maximum absolute atomic E-state index is 13.0. The fraction of sp³-hybridized carbons (Fsp3) is 0.200. The van der Waals surface area contributed by atoms with Crippen molar-refractivity contribution in [1.82, 2.24) is 9.88 Å². The molecule has 0 radical (unpaired) electrons. The highest BCUT2D eigenvalue weighted by Crippen LogP contribution is 2.35. The van der Waals surface area contributed by atoms with Gasteiger partial charge in [-0.15, -0.1) is 11.3 Å². The minimum Gasteiger partial charge on any atom is -0.493 e. The minimum atomic E-state index is -4.43. The number of halogens is 3. The molecule has 0 unspecified atom stereocenters. The molecule has 7 nitrogen and oxygen atoms in total. The van der Waals surface area contributed by atoms with Crippen LogP contribution in [0.25, 0.3) is 6.08 Å². The van der Waals surface area contributed by atoms with Gasteiger partial charge in [0.2, 0.25) is 5.91 Å². The number of hydrogen-bond donors (Lipinski definition) is 1. The molecule has 38 heavy (non-hydrogen) atoms. The Labute approximate surface area is 229 Å². The van der Waals surface area contributed by atoms with E-state index in [0.717, 1.165) is 35.2 Å². The van der Waals surface area contributed by atoms with Crippen LogP contribution >= 0.6 is 35.3 Å². The van der Waals surface area contributed by atoms with Crippen LogP contribution in [0.1, 0.15) is 21.6 Å². The van der Waals surface area contributed by atoms with Crippen molar-refractivity contribution in [3.05, 3.63) is 75.1 Å². The van der Waals surface area contributed by atoms with Crippen LogP contribution in [0, 0.1) is 0 Å². The fourth-order valence-electron chi connectivity index (χ4n) is 3.54. The SMILES string of the molecule is COc1ccc(/C=C2\SC(=S)N(CC(=O)Nc3ncc(Cc4cccc(C(F)(F)F)c4)s3)C2=O)cc1OC. The summed E-state index contributed by atoms with van der Waals surface area (Å²) in [6.45, 7) is -0.309. The van der Waals surface area contributed by atoms with Gasteiger partial charge in [-0.1, -0.05) is 48.2 Å². The van der Waals surface area contributed by atoms with E-state index in [2.05, 4.69) is 10.3 Å². The lowest BCUT2D eigenvalue weighted by atomic mass is 10.1. The summed E-state index contributed by atoms with van der Waals surface area (Å²) < 4.78 is 49.6. The second-order valence-electron chi connectivity index (χ2n) is 7.94. The number of thiazole rings is 1. The predicted molar refractivity (Wildman–Crippen MR) is 144 cm³/mol. The van der Waals surface area contributed by atoms with E-state index < -0.39 is 23.6 Å². The maximum Gasteiger partial charge on any atom is 0.416 e. The second kappa shape index (κ2) is 11.5. The molecule has 1 aliphatic heterocycles. The number of carbonyl (C=O) groups is 2. The van der Waals surface area contributed by atoms with E-state index in [1.165, 1.54) is 31.4 Å². The Kier molecular flexibility index (Phi) is 8.38. The van der Waals surface area contributed by atoms with Crippen molar-refractivity contribution in [2.24, 2.45) is 0 Å². The molecule has 0 atom stereocenters. The predicted octanol–water partition coefficient (Wildman–Crippen LogP) is 5.61. The average Bonchev–Trinajstić information content (AvgIpc) is 3.42. The number of aromatic nitrogens is 1. The van der Waals surface area contributed by atoms with Crippen molar-refractivity contribution in [2.75, 3.05) is 26.1 Å². The van der Waals surface area contributed by atoms with Crippen LogP contribution in [0.5, 0.6) is 11.5 Å². The summed E-state index contributed by atoms with van der Waals surface area (Å²) in [6, 6.07) is 10.2. The van der Waals surface area contributed by atoms with Gasteiger partial charge in [-0.25, -0.2) is 4.98 Å². The summed E-state index contributed by atoms with van der Waals surface area (Å²) in [7, 11) is 3.03. The molecule has 1 N–H and O–H groups in total. The van der Waals surface area contributed by atoms with E-state index in [1.807, 2.05) is 0 Å². The van der Waals surface area contributed by atoms with Gasteiger partial charge in [0.05, 0.1) is 24.7 Å². The lowest BCUT2D eigenvalue weighted by Gasteiger charge is -2.13. The quantitative estimate of drug-likeness (QED) is 0.275. The molecule has 1 aromatic heterocycles. The van der Waals surface area contributed by atoms with Gasteiger partial charge in [0.15, 0.2) is 16.6 Å². The molecule has 0 bridgehead atoms. The molecule has 13 heteroatoms.